The number of hydrogen-bond acceptors (Lipinski definition) is 4. The molecule has 3 aromatic rings. The first-order chi connectivity index (χ1) is 16.5. The van der Waals surface area contributed by atoms with Gasteiger partial charge in [-0.25, -0.2) is 0 Å². The normalized spacial score (nSPS) is 10.9. The first-order valence-electron chi connectivity index (χ1n) is 10.7. The number of ether oxygens (including phenoxy) is 1. The van der Waals surface area contributed by atoms with Gasteiger partial charge in [0.1, 0.15) is 0 Å². The van der Waals surface area contributed by atoms with E-state index in [1.807, 2.05) is 12.1 Å². The Morgan fingerprint density at radius 3 is 1.94 bits per heavy atom. The third-order valence-electron chi connectivity index (χ3n) is 5.08. The number of carbonyl (C=O) groups is 2. The molecule has 2 amide bonds. The Labute approximate surface area is 220 Å². The monoisotopic (exact) mass is 529 g/mol. The fraction of sp³-hybridized carbons (Fsp3) is 0.192. The molecule has 0 aliphatic rings. The van der Waals surface area contributed by atoms with Crippen LogP contribution in [0.5, 0.6) is 5.75 Å². The lowest BCUT2D eigenvalue weighted by Gasteiger charge is -2.19. The summed E-state index contributed by atoms with van der Waals surface area (Å²) in [6, 6.07) is 17.4. The summed E-state index contributed by atoms with van der Waals surface area (Å²) < 4.78 is 5.09. The van der Waals surface area contributed by atoms with E-state index in [1.165, 1.54) is 19.2 Å². The van der Waals surface area contributed by atoms with Crippen molar-refractivity contribution >= 4 is 63.7 Å². The van der Waals surface area contributed by atoms with E-state index < -0.39 is 5.91 Å². The SMILES string of the molecule is COc1c(Cl)cc(C(=O)NC(=S)Nc2cccc(NC(=O)c3ccc(C(C)(C)C)cc3)c2)cc1Cl. The molecule has 6 nitrogen and oxygen atoms in total. The van der Waals surface area contributed by atoms with Gasteiger partial charge < -0.3 is 15.4 Å². The van der Waals surface area contributed by atoms with Crippen LogP contribution in [0.3, 0.4) is 0 Å². The van der Waals surface area contributed by atoms with E-state index in [2.05, 4.69) is 36.7 Å². The van der Waals surface area contributed by atoms with Crippen LogP contribution >= 0.6 is 35.4 Å². The lowest BCUT2D eigenvalue weighted by molar-refractivity contribution is 0.0976. The largest absolute Gasteiger partial charge is 0.494 e. The number of rotatable bonds is 5. The highest BCUT2D eigenvalue weighted by Crippen LogP contribution is 2.33. The van der Waals surface area contributed by atoms with Crippen molar-refractivity contribution in [3.8, 4) is 5.75 Å². The Morgan fingerprint density at radius 2 is 1.40 bits per heavy atom. The van der Waals surface area contributed by atoms with Crippen LogP contribution in [0.1, 0.15) is 47.1 Å². The van der Waals surface area contributed by atoms with Crippen LogP contribution in [0.15, 0.2) is 60.7 Å². The second-order valence-electron chi connectivity index (χ2n) is 8.74. The second-order valence-corrected chi connectivity index (χ2v) is 9.97. The number of halogens is 2. The van der Waals surface area contributed by atoms with Crippen LogP contribution in [0, 0.1) is 0 Å². The molecule has 0 fully saturated rings. The molecule has 3 N–H and O–H groups in total. The molecule has 0 radical (unpaired) electrons. The predicted molar refractivity (Wildman–Crippen MR) is 146 cm³/mol. The molecule has 0 saturated heterocycles. The molecule has 3 aromatic carbocycles. The van der Waals surface area contributed by atoms with Gasteiger partial charge >= 0.3 is 0 Å². The number of anilines is 2. The molecule has 0 aliphatic heterocycles. The van der Waals surface area contributed by atoms with Gasteiger partial charge in [-0.15, -0.1) is 0 Å². The standard InChI is InChI=1S/C26H25Cl2N3O3S/c1-26(2,3)17-10-8-15(9-11-17)23(32)29-18-6-5-7-19(14-18)30-25(35)31-24(33)16-12-20(27)22(34-4)21(28)13-16/h5-14H,1-4H3,(H,29,32)(H2,30,31,33,35). The highest BCUT2D eigenvalue weighted by Gasteiger charge is 2.16. The van der Waals surface area contributed by atoms with Crippen molar-refractivity contribution in [2.24, 2.45) is 0 Å². The second kappa shape index (κ2) is 11.1. The Kier molecular flexibility index (Phi) is 8.38. The van der Waals surface area contributed by atoms with Gasteiger partial charge in [-0.2, -0.15) is 0 Å². The lowest BCUT2D eigenvalue weighted by Crippen LogP contribution is -2.34. The third-order valence-corrected chi connectivity index (χ3v) is 5.85. The molecule has 0 bridgehead atoms. The van der Waals surface area contributed by atoms with E-state index in [0.717, 1.165) is 5.56 Å². The molecule has 0 aromatic heterocycles. The zero-order chi connectivity index (χ0) is 25.8. The molecule has 0 aliphatic carbocycles. The van der Waals surface area contributed by atoms with Crippen LogP contribution in [0.4, 0.5) is 11.4 Å². The minimum atomic E-state index is -0.489. The average molecular weight is 530 g/mol. The number of amides is 2. The van der Waals surface area contributed by atoms with E-state index in [-0.39, 0.29) is 37.8 Å². The molecule has 0 heterocycles. The number of carbonyl (C=O) groups excluding carboxylic acids is 2. The summed E-state index contributed by atoms with van der Waals surface area (Å²) >= 11 is 17.5. The highest BCUT2D eigenvalue weighted by atomic mass is 35.5. The number of nitrogens with one attached hydrogen (secondary N) is 3. The first-order valence-corrected chi connectivity index (χ1v) is 11.8. The molecule has 0 atom stereocenters. The molecule has 3 rings (SSSR count). The average Bonchev–Trinajstić information content (AvgIpc) is 2.78. The van der Waals surface area contributed by atoms with Crippen molar-refractivity contribution in [1.82, 2.24) is 5.32 Å². The summed E-state index contributed by atoms with van der Waals surface area (Å²) in [5.74, 6) is -0.432. The van der Waals surface area contributed by atoms with Crippen molar-refractivity contribution in [2.45, 2.75) is 26.2 Å². The summed E-state index contributed by atoms with van der Waals surface area (Å²) in [5.41, 5.74) is 3.09. The summed E-state index contributed by atoms with van der Waals surface area (Å²) in [6.45, 7) is 6.36. The maximum Gasteiger partial charge on any atom is 0.257 e. The minimum absolute atomic E-state index is 0.00867. The number of benzene rings is 3. The molecule has 0 spiro atoms. The fourth-order valence-electron chi connectivity index (χ4n) is 3.22. The molecule has 0 unspecified atom stereocenters. The van der Waals surface area contributed by atoms with Crippen LogP contribution < -0.4 is 20.7 Å². The van der Waals surface area contributed by atoms with E-state index >= 15 is 0 Å². The van der Waals surface area contributed by atoms with Crippen molar-refractivity contribution in [2.75, 3.05) is 17.7 Å². The molecule has 0 saturated carbocycles. The number of methoxy groups -OCH3 is 1. The molecular formula is C26H25Cl2N3O3S. The number of thiocarbonyl (C=S) groups is 1. The van der Waals surface area contributed by atoms with Crippen LogP contribution in [-0.2, 0) is 5.41 Å². The van der Waals surface area contributed by atoms with E-state index in [9.17, 15) is 9.59 Å². The Hall–Kier alpha value is -3.13. The van der Waals surface area contributed by atoms with Crippen molar-refractivity contribution in [1.29, 1.82) is 0 Å². The van der Waals surface area contributed by atoms with Gasteiger partial charge in [-0.1, -0.05) is 62.2 Å². The smallest absolute Gasteiger partial charge is 0.257 e. The molecule has 9 heteroatoms. The zero-order valence-corrected chi connectivity index (χ0v) is 22.0. The van der Waals surface area contributed by atoms with Gasteiger partial charge in [0, 0.05) is 22.5 Å². The maximum absolute atomic E-state index is 12.7. The van der Waals surface area contributed by atoms with Crippen LogP contribution in [0.2, 0.25) is 10.0 Å². The van der Waals surface area contributed by atoms with Crippen molar-refractivity contribution < 1.29 is 14.3 Å². The van der Waals surface area contributed by atoms with E-state index in [0.29, 0.717) is 16.9 Å². The Balaban J connectivity index is 1.63. The Bertz CT molecular complexity index is 1250. The third kappa shape index (κ3) is 6.94. The molecule has 35 heavy (non-hydrogen) atoms. The van der Waals surface area contributed by atoms with Gasteiger partial charge in [-0.3, -0.25) is 14.9 Å². The quantitative estimate of drug-likeness (QED) is 0.321. The summed E-state index contributed by atoms with van der Waals surface area (Å²) in [5, 5.41) is 8.86. The van der Waals surface area contributed by atoms with E-state index in [4.69, 9.17) is 40.2 Å². The van der Waals surface area contributed by atoms with Crippen LogP contribution in [-0.4, -0.2) is 24.0 Å². The van der Waals surface area contributed by atoms with Gasteiger partial charge in [0.15, 0.2) is 10.9 Å². The molecule has 182 valence electrons. The summed E-state index contributed by atoms with van der Waals surface area (Å²) in [4.78, 5) is 25.2. The van der Waals surface area contributed by atoms with Gasteiger partial charge in [0.05, 0.1) is 17.2 Å². The van der Waals surface area contributed by atoms with Gasteiger partial charge in [0.2, 0.25) is 0 Å². The summed E-state index contributed by atoms with van der Waals surface area (Å²) in [7, 11) is 1.44. The summed E-state index contributed by atoms with van der Waals surface area (Å²) in [6.07, 6.45) is 0. The van der Waals surface area contributed by atoms with Gasteiger partial charge in [0.25, 0.3) is 11.8 Å². The van der Waals surface area contributed by atoms with E-state index in [1.54, 1.807) is 36.4 Å². The minimum Gasteiger partial charge on any atom is -0.494 e. The number of hydrogen-bond donors (Lipinski definition) is 3. The molecular weight excluding hydrogens is 505 g/mol. The van der Waals surface area contributed by atoms with Crippen LogP contribution in [0.25, 0.3) is 0 Å². The predicted octanol–water partition coefficient (Wildman–Crippen LogP) is 6.68. The highest BCUT2D eigenvalue weighted by molar-refractivity contribution is 7.80. The lowest BCUT2D eigenvalue weighted by atomic mass is 9.87. The Morgan fingerprint density at radius 1 is 0.829 bits per heavy atom. The first kappa shape index (κ1) is 26.5. The maximum atomic E-state index is 12.7. The van der Waals surface area contributed by atoms with Crippen molar-refractivity contribution in [3.63, 3.8) is 0 Å². The fourth-order valence-corrected chi connectivity index (χ4v) is 4.08. The van der Waals surface area contributed by atoms with Gasteiger partial charge in [-0.05, 0) is 65.7 Å². The van der Waals surface area contributed by atoms with Crippen molar-refractivity contribution in [3.05, 3.63) is 87.4 Å². The topological polar surface area (TPSA) is 79.5 Å². The zero-order valence-electron chi connectivity index (χ0n) is 19.7.